The molecule has 5 heteroatoms. The monoisotopic (exact) mass is 253 g/mol. The van der Waals surface area contributed by atoms with Crippen LogP contribution < -0.4 is 10.6 Å². The van der Waals surface area contributed by atoms with Crippen LogP contribution in [0.4, 0.5) is 0 Å². The van der Waals surface area contributed by atoms with Crippen molar-refractivity contribution in [3.8, 4) is 0 Å². The molecule has 0 spiro atoms. The molecular formula is C12H19N3OS. The molecule has 0 saturated heterocycles. The van der Waals surface area contributed by atoms with Gasteiger partial charge in [-0.15, -0.1) is 11.3 Å². The zero-order valence-electron chi connectivity index (χ0n) is 10.3. The summed E-state index contributed by atoms with van der Waals surface area (Å²) in [6.07, 6.45) is 4.40. The van der Waals surface area contributed by atoms with E-state index in [0.717, 1.165) is 17.5 Å². The molecule has 0 radical (unpaired) electrons. The maximum absolute atomic E-state index is 11.5. The SMILES string of the molecule is Cc1cnc(C(C)NCC(=O)NCC2CC2)s1. The number of carbonyl (C=O) groups excluding carboxylic acids is 1. The molecule has 0 aromatic carbocycles. The van der Waals surface area contributed by atoms with Crippen LogP contribution in [0, 0.1) is 12.8 Å². The van der Waals surface area contributed by atoms with Gasteiger partial charge in [-0.3, -0.25) is 10.1 Å². The largest absolute Gasteiger partial charge is 0.355 e. The van der Waals surface area contributed by atoms with Gasteiger partial charge in [-0.25, -0.2) is 4.98 Å². The molecule has 1 heterocycles. The lowest BCUT2D eigenvalue weighted by Gasteiger charge is -2.11. The molecule has 94 valence electrons. The van der Waals surface area contributed by atoms with E-state index >= 15 is 0 Å². The van der Waals surface area contributed by atoms with Crippen LogP contribution in [-0.4, -0.2) is 24.0 Å². The van der Waals surface area contributed by atoms with Crippen LogP contribution in [0.5, 0.6) is 0 Å². The van der Waals surface area contributed by atoms with E-state index in [-0.39, 0.29) is 11.9 Å². The maximum atomic E-state index is 11.5. The minimum Gasteiger partial charge on any atom is -0.355 e. The van der Waals surface area contributed by atoms with E-state index < -0.39 is 0 Å². The number of aromatic nitrogens is 1. The second-order valence-corrected chi connectivity index (χ2v) is 5.93. The van der Waals surface area contributed by atoms with Crippen LogP contribution in [0.3, 0.4) is 0 Å². The van der Waals surface area contributed by atoms with E-state index in [1.807, 2.05) is 20.0 Å². The predicted molar refractivity (Wildman–Crippen MR) is 69.0 cm³/mol. The Bertz CT molecular complexity index is 387. The fourth-order valence-electron chi connectivity index (χ4n) is 1.55. The molecule has 1 atom stereocenters. The zero-order valence-corrected chi connectivity index (χ0v) is 11.1. The van der Waals surface area contributed by atoms with Gasteiger partial charge in [0.1, 0.15) is 5.01 Å². The van der Waals surface area contributed by atoms with Crippen molar-refractivity contribution in [3.63, 3.8) is 0 Å². The highest BCUT2D eigenvalue weighted by atomic mass is 32.1. The van der Waals surface area contributed by atoms with Gasteiger partial charge in [0.25, 0.3) is 0 Å². The molecule has 2 rings (SSSR count). The van der Waals surface area contributed by atoms with Gasteiger partial charge in [0.05, 0.1) is 12.6 Å². The van der Waals surface area contributed by atoms with Crippen LogP contribution in [0.1, 0.15) is 35.7 Å². The molecule has 2 N–H and O–H groups in total. The van der Waals surface area contributed by atoms with Crippen molar-refractivity contribution in [2.45, 2.75) is 32.7 Å². The summed E-state index contributed by atoms with van der Waals surface area (Å²) in [5, 5.41) is 7.17. The Kier molecular flexibility index (Phi) is 4.12. The molecule has 1 unspecified atom stereocenters. The minimum atomic E-state index is 0.0806. The fraction of sp³-hybridized carbons (Fsp3) is 0.667. The molecule has 1 saturated carbocycles. The first-order valence-electron chi connectivity index (χ1n) is 6.07. The molecule has 0 bridgehead atoms. The van der Waals surface area contributed by atoms with Gasteiger partial charge in [-0.2, -0.15) is 0 Å². The molecule has 1 amide bonds. The van der Waals surface area contributed by atoms with Crippen molar-refractivity contribution in [2.24, 2.45) is 5.92 Å². The summed E-state index contributed by atoms with van der Waals surface area (Å²) < 4.78 is 0. The van der Waals surface area contributed by atoms with E-state index in [2.05, 4.69) is 15.6 Å². The van der Waals surface area contributed by atoms with Crippen LogP contribution in [0.2, 0.25) is 0 Å². The molecular weight excluding hydrogens is 234 g/mol. The first-order chi connectivity index (χ1) is 8.15. The Morgan fingerprint density at radius 1 is 1.65 bits per heavy atom. The van der Waals surface area contributed by atoms with Crippen LogP contribution in [-0.2, 0) is 4.79 Å². The van der Waals surface area contributed by atoms with E-state index in [1.54, 1.807) is 11.3 Å². The predicted octanol–water partition coefficient (Wildman–Crippen LogP) is 1.63. The first kappa shape index (κ1) is 12.5. The topological polar surface area (TPSA) is 54.0 Å². The van der Waals surface area contributed by atoms with Gasteiger partial charge in [0, 0.05) is 17.6 Å². The number of aryl methyl sites for hydroxylation is 1. The zero-order chi connectivity index (χ0) is 12.3. The third-order valence-electron chi connectivity index (χ3n) is 2.86. The summed E-state index contributed by atoms with van der Waals surface area (Å²) in [5.74, 6) is 0.815. The van der Waals surface area contributed by atoms with Crippen molar-refractivity contribution >= 4 is 17.2 Å². The van der Waals surface area contributed by atoms with Gasteiger partial charge < -0.3 is 5.32 Å². The number of nitrogens with zero attached hydrogens (tertiary/aromatic N) is 1. The standard InChI is InChI=1S/C12H19N3OS/c1-8-5-15-12(17-8)9(2)13-7-11(16)14-6-10-3-4-10/h5,9-10,13H,3-4,6-7H2,1-2H3,(H,14,16). The average Bonchev–Trinajstić information content (AvgIpc) is 3.04. The first-order valence-corrected chi connectivity index (χ1v) is 6.89. The molecule has 17 heavy (non-hydrogen) atoms. The molecule has 1 aliphatic rings. The number of carbonyl (C=O) groups is 1. The average molecular weight is 253 g/mol. The number of amides is 1. The number of hydrogen-bond acceptors (Lipinski definition) is 4. The third kappa shape index (κ3) is 4.09. The second-order valence-electron chi connectivity index (χ2n) is 4.66. The third-order valence-corrected chi connectivity index (χ3v) is 3.96. The quantitative estimate of drug-likeness (QED) is 0.810. The maximum Gasteiger partial charge on any atom is 0.233 e. The van der Waals surface area contributed by atoms with Crippen LogP contribution >= 0.6 is 11.3 Å². The summed E-state index contributed by atoms with van der Waals surface area (Å²) in [6, 6.07) is 0.139. The number of hydrogen-bond donors (Lipinski definition) is 2. The molecule has 0 aliphatic heterocycles. The molecule has 1 aliphatic carbocycles. The highest BCUT2D eigenvalue weighted by molar-refractivity contribution is 7.11. The van der Waals surface area contributed by atoms with Crippen molar-refractivity contribution in [1.82, 2.24) is 15.6 Å². The lowest BCUT2D eigenvalue weighted by Crippen LogP contribution is -2.35. The fourth-order valence-corrected chi connectivity index (χ4v) is 2.35. The Morgan fingerprint density at radius 3 is 3.00 bits per heavy atom. The lowest BCUT2D eigenvalue weighted by atomic mass is 10.3. The van der Waals surface area contributed by atoms with E-state index in [9.17, 15) is 4.79 Å². The Morgan fingerprint density at radius 2 is 2.41 bits per heavy atom. The summed E-state index contributed by atoms with van der Waals surface area (Å²) >= 11 is 1.67. The van der Waals surface area contributed by atoms with E-state index in [4.69, 9.17) is 0 Å². The van der Waals surface area contributed by atoms with Crippen molar-refractivity contribution in [3.05, 3.63) is 16.1 Å². The number of nitrogens with one attached hydrogen (secondary N) is 2. The molecule has 1 aromatic rings. The normalized spacial score (nSPS) is 16.8. The number of rotatable bonds is 6. The lowest BCUT2D eigenvalue weighted by molar-refractivity contribution is -0.120. The highest BCUT2D eigenvalue weighted by Crippen LogP contribution is 2.27. The summed E-state index contributed by atoms with van der Waals surface area (Å²) in [4.78, 5) is 17.0. The minimum absolute atomic E-state index is 0.0806. The highest BCUT2D eigenvalue weighted by Gasteiger charge is 2.21. The Hall–Kier alpha value is -0.940. The van der Waals surface area contributed by atoms with Gasteiger partial charge in [-0.05, 0) is 32.6 Å². The van der Waals surface area contributed by atoms with Crippen molar-refractivity contribution in [2.75, 3.05) is 13.1 Å². The number of thiazole rings is 1. The van der Waals surface area contributed by atoms with Crippen LogP contribution in [0.15, 0.2) is 6.20 Å². The Labute approximate surface area is 106 Å². The van der Waals surface area contributed by atoms with E-state index in [1.165, 1.54) is 17.7 Å². The smallest absolute Gasteiger partial charge is 0.233 e. The van der Waals surface area contributed by atoms with Gasteiger partial charge >= 0.3 is 0 Å². The van der Waals surface area contributed by atoms with Crippen molar-refractivity contribution in [1.29, 1.82) is 0 Å². The molecule has 1 aromatic heterocycles. The van der Waals surface area contributed by atoms with Crippen LogP contribution in [0.25, 0.3) is 0 Å². The summed E-state index contributed by atoms with van der Waals surface area (Å²) in [5.41, 5.74) is 0. The van der Waals surface area contributed by atoms with Gasteiger partial charge in [0.15, 0.2) is 0 Å². The molecule has 4 nitrogen and oxygen atoms in total. The summed E-state index contributed by atoms with van der Waals surface area (Å²) in [6.45, 7) is 5.28. The Balaban J connectivity index is 1.67. The van der Waals surface area contributed by atoms with Gasteiger partial charge in [0.2, 0.25) is 5.91 Å². The molecule has 1 fully saturated rings. The second kappa shape index (κ2) is 5.60. The summed E-state index contributed by atoms with van der Waals surface area (Å²) in [7, 11) is 0. The van der Waals surface area contributed by atoms with Crippen molar-refractivity contribution < 1.29 is 4.79 Å². The van der Waals surface area contributed by atoms with Gasteiger partial charge in [-0.1, -0.05) is 0 Å². The van der Waals surface area contributed by atoms with E-state index in [0.29, 0.717) is 6.54 Å².